The molecule has 1 saturated heterocycles. The number of imide groups is 2. The maximum absolute atomic E-state index is 11.8. The van der Waals surface area contributed by atoms with E-state index in [0.29, 0.717) is 4.88 Å². The van der Waals surface area contributed by atoms with Crippen molar-refractivity contribution in [3.05, 3.63) is 22.4 Å². The summed E-state index contributed by atoms with van der Waals surface area (Å²) in [6, 6.07) is 2.85. The van der Waals surface area contributed by atoms with Crippen LogP contribution in [0.4, 0.5) is 4.79 Å². The van der Waals surface area contributed by atoms with Gasteiger partial charge in [0.15, 0.2) is 5.54 Å². The standard InChI is InChI=1S/C10H10N2O3S/c1-6(13)12-9(15)11-8(14)10(12,2)7-4-3-5-16-7/h3-5H,1-2H3,(H,11,14,15)/t10-/m1/s1. The molecule has 6 heteroatoms. The monoisotopic (exact) mass is 238 g/mol. The molecule has 1 aliphatic heterocycles. The molecule has 1 N–H and O–H groups in total. The van der Waals surface area contributed by atoms with Crippen LogP contribution in [-0.4, -0.2) is 22.7 Å². The van der Waals surface area contributed by atoms with E-state index in [1.165, 1.54) is 18.3 Å². The van der Waals surface area contributed by atoms with E-state index in [4.69, 9.17) is 0 Å². The van der Waals surface area contributed by atoms with Gasteiger partial charge in [0, 0.05) is 11.8 Å². The largest absolute Gasteiger partial charge is 0.332 e. The molecule has 84 valence electrons. The van der Waals surface area contributed by atoms with Crippen molar-refractivity contribution in [1.82, 2.24) is 10.2 Å². The van der Waals surface area contributed by atoms with Crippen LogP contribution >= 0.6 is 11.3 Å². The van der Waals surface area contributed by atoms with Gasteiger partial charge in [-0.15, -0.1) is 11.3 Å². The molecule has 1 atom stereocenters. The summed E-state index contributed by atoms with van der Waals surface area (Å²) in [5, 5.41) is 3.96. The summed E-state index contributed by atoms with van der Waals surface area (Å²) in [4.78, 5) is 36.4. The smallest absolute Gasteiger partial charge is 0.275 e. The summed E-state index contributed by atoms with van der Waals surface area (Å²) < 4.78 is 0. The quantitative estimate of drug-likeness (QED) is 0.744. The lowest BCUT2D eigenvalue weighted by molar-refractivity contribution is -0.136. The van der Waals surface area contributed by atoms with Crippen molar-refractivity contribution in [3.8, 4) is 0 Å². The molecule has 0 radical (unpaired) electrons. The number of rotatable bonds is 1. The fraction of sp³-hybridized carbons (Fsp3) is 0.300. The predicted molar refractivity (Wildman–Crippen MR) is 57.7 cm³/mol. The van der Waals surface area contributed by atoms with Crippen LogP contribution in [0.25, 0.3) is 0 Å². The Morgan fingerprint density at radius 1 is 1.50 bits per heavy atom. The highest BCUT2D eigenvalue weighted by molar-refractivity contribution is 7.10. The highest BCUT2D eigenvalue weighted by Crippen LogP contribution is 2.35. The van der Waals surface area contributed by atoms with Crippen molar-refractivity contribution in [2.45, 2.75) is 19.4 Å². The van der Waals surface area contributed by atoms with Crippen LogP contribution in [0.1, 0.15) is 18.7 Å². The van der Waals surface area contributed by atoms with E-state index in [0.717, 1.165) is 4.90 Å². The fourth-order valence-corrected chi connectivity index (χ4v) is 2.69. The van der Waals surface area contributed by atoms with Gasteiger partial charge in [0.05, 0.1) is 0 Å². The molecule has 4 amide bonds. The van der Waals surface area contributed by atoms with Crippen molar-refractivity contribution in [2.75, 3.05) is 0 Å². The lowest BCUT2D eigenvalue weighted by Crippen LogP contribution is -2.46. The number of hydrogen-bond acceptors (Lipinski definition) is 4. The Balaban J connectivity index is 2.56. The minimum Gasteiger partial charge on any atom is -0.275 e. The molecule has 0 bridgehead atoms. The van der Waals surface area contributed by atoms with Crippen LogP contribution in [0.5, 0.6) is 0 Å². The minimum absolute atomic E-state index is 0.445. The Morgan fingerprint density at radius 3 is 2.69 bits per heavy atom. The third kappa shape index (κ3) is 1.26. The maximum Gasteiger partial charge on any atom is 0.332 e. The number of nitrogens with zero attached hydrogens (tertiary/aromatic N) is 1. The van der Waals surface area contributed by atoms with Crippen molar-refractivity contribution < 1.29 is 14.4 Å². The van der Waals surface area contributed by atoms with E-state index < -0.39 is 23.4 Å². The summed E-state index contributed by atoms with van der Waals surface area (Å²) in [5.74, 6) is -0.908. The Hall–Kier alpha value is -1.69. The van der Waals surface area contributed by atoms with Crippen LogP contribution in [0, 0.1) is 0 Å². The molecule has 0 aliphatic carbocycles. The van der Waals surface area contributed by atoms with E-state index in [9.17, 15) is 14.4 Å². The van der Waals surface area contributed by atoms with Crippen molar-refractivity contribution in [3.63, 3.8) is 0 Å². The normalized spacial score (nSPS) is 24.8. The molecule has 1 aromatic rings. The number of urea groups is 1. The first-order valence-corrected chi connectivity index (χ1v) is 5.56. The second-order valence-electron chi connectivity index (χ2n) is 3.66. The van der Waals surface area contributed by atoms with Crippen LogP contribution in [0.2, 0.25) is 0 Å². The minimum atomic E-state index is -1.21. The number of nitrogens with one attached hydrogen (secondary N) is 1. The topological polar surface area (TPSA) is 66.5 Å². The maximum atomic E-state index is 11.8. The molecule has 1 aliphatic rings. The van der Waals surface area contributed by atoms with Crippen molar-refractivity contribution in [1.29, 1.82) is 0 Å². The third-order valence-corrected chi connectivity index (χ3v) is 3.71. The van der Waals surface area contributed by atoms with Crippen molar-refractivity contribution >= 4 is 29.2 Å². The first-order valence-electron chi connectivity index (χ1n) is 4.68. The molecule has 2 heterocycles. The zero-order valence-corrected chi connectivity index (χ0v) is 9.63. The molecule has 0 spiro atoms. The molecule has 0 saturated carbocycles. The Kier molecular flexibility index (Phi) is 2.31. The Morgan fingerprint density at radius 2 is 2.19 bits per heavy atom. The lowest BCUT2D eigenvalue weighted by Gasteiger charge is -2.27. The lowest BCUT2D eigenvalue weighted by atomic mass is 9.98. The molecular weight excluding hydrogens is 228 g/mol. The van der Waals surface area contributed by atoms with Gasteiger partial charge >= 0.3 is 6.03 Å². The molecule has 1 aromatic heterocycles. The highest BCUT2D eigenvalue weighted by atomic mass is 32.1. The Labute approximate surface area is 96.0 Å². The van der Waals surface area contributed by atoms with Gasteiger partial charge in [-0.25, -0.2) is 9.69 Å². The van der Waals surface area contributed by atoms with Gasteiger partial charge in [-0.1, -0.05) is 6.07 Å². The molecule has 1 fully saturated rings. The molecule has 0 unspecified atom stereocenters. The first-order chi connectivity index (χ1) is 7.48. The van der Waals surface area contributed by atoms with Gasteiger partial charge in [-0.05, 0) is 18.4 Å². The van der Waals surface area contributed by atoms with Crippen LogP contribution < -0.4 is 5.32 Å². The van der Waals surface area contributed by atoms with Crippen LogP contribution in [0.15, 0.2) is 17.5 Å². The zero-order valence-electron chi connectivity index (χ0n) is 8.81. The van der Waals surface area contributed by atoms with E-state index in [2.05, 4.69) is 5.32 Å². The summed E-state index contributed by atoms with van der Waals surface area (Å²) in [7, 11) is 0. The summed E-state index contributed by atoms with van der Waals surface area (Å²) in [5.41, 5.74) is -1.21. The molecule has 16 heavy (non-hydrogen) atoms. The predicted octanol–water partition coefficient (Wildman–Crippen LogP) is 1.06. The second-order valence-corrected chi connectivity index (χ2v) is 4.61. The van der Waals surface area contributed by atoms with Gasteiger partial charge in [0.1, 0.15) is 0 Å². The van der Waals surface area contributed by atoms with Crippen LogP contribution in [0.3, 0.4) is 0 Å². The van der Waals surface area contributed by atoms with E-state index in [1.807, 2.05) is 0 Å². The molecule has 2 rings (SSSR count). The average molecular weight is 238 g/mol. The number of hydrogen-bond donors (Lipinski definition) is 1. The average Bonchev–Trinajstić information content (AvgIpc) is 2.74. The van der Waals surface area contributed by atoms with Gasteiger partial charge in [0.25, 0.3) is 5.91 Å². The summed E-state index contributed by atoms with van der Waals surface area (Å²) >= 11 is 1.34. The third-order valence-electron chi connectivity index (χ3n) is 2.63. The number of amides is 4. The van der Waals surface area contributed by atoms with E-state index in [-0.39, 0.29) is 0 Å². The van der Waals surface area contributed by atoms with Gasteiger partial charge < -0.3 is 0 Å². The molecular formula is C10H10N2O3S. The second kappa shape index (κ2) is 3.41. The fourth-order valence-electron chi connectivity index (χ4n) is 1.81. The first kappa shape index (κ1) is 10.8. The van der Waals surface area contributed by atoms with Crippen molar-refractivity contribution in [2.24, 2.45) is 0 Å². The number of thiophene rings is 1. The van der Waals surface area contributed by atoms with E-state index >= 15 is 0 Å². The molecule has 0 aromatic carbocycles. The number of carbonyl (C=O) groups is 3. The Bertz CT molecular complexity index is 468. The molecule has 5 nitrogen and oxygen atoms in total. The van der Waals surface area contributed by atoms with Gasteiger partial charge in [-0.3, -0.25) is 14.9 Å². The number of carbonyl (C=O) groups excluding carboxylic acids is 3. The summed E-state index contributed by atoms with van der Waals surface area (Å²) in [6.07, 6.45) is 0. The van der Waals surface area contributed by atoms with E-state index in [1.54, 1.807) is 24.4 Å². The van der Waals surface area contributed by atoms with Gasteiger partial charge in [0.2, 0.25) is 5.91 Å². The van der Waals surface area contributed by atoms with Gasteiger partial charge in [-0.2, -0.15) is 0 Å². The highest BCUT2D eigenvalue weighted by Gasteiger charge is 2.53. The zero-order chi connectivity index (χ0) is 11.9. The van der Waals surface area contributed by atoms with Crippen LogP contribution in [-0.2, 0) is 15.1 Å². The SMILES string of the molecule is CC(=O)N1C(=O)NC(=O)[C@@]1(C)c1cccs1. The summed E-state index contributed by atoms with van der Waals surface area (Å²) in [6.45, 7) is 2.84.